The molecule has 2 nitrogen and oxygen atoms in total. The summed E-state index contributed by atoms with van der Waals surface area (Å²) in [6, 6.07) is 1.89. The molecule has 0 spiro atoms. The Balaban J connectivity index is 3.01. The van der Waals surface area contributed by atoms with E-state index in [1.54, 1.807) is 0 Å². The minimum absolute atomic E-state index is 0.261. The number of aryl methyl sites for hydroxylation is 1. The molecule has 0 fully saturated rings. The number of hydrogen-bond donors (Lipinski definition) is 0. The van der Waals surface area contributed by atoms with Crippen LogP contribution in [0.25, 0.3) is 0 Å². The lowest BCUT2D eigenvalue weighted by Gasteiger charge is -2.06. The first-order chi connectivity index (χ1) is 5.52. The quantitative estimate of drug-likeness (QED) is 0.471. The van der Waals surface area contributed by atoms with E-state index >= 15 is 0 Å². The van der Waals surface area contributed by atoms with Gasteiger partial charge in [-0.2, -0.15) is 17.2 Å². The molecule has 0 radical (unpaired) electrons. The number of esters is 1. The van der Waals surface area contributed by atoms with Crippen molar-refractivity contribution < 1.29 is 9.53 Å². The molecule has 0 aromatic heterocycles. The van der Waals surface area contributed by atoms with E-state index in [1.807, 2.05) is 26.8 Å². The molecule has 1 aromatic carbocycles. The van der Waals surface area contributed by atoms with Crippen molar-refractivity contribution >= 4 is 5.97 Å². The Bertz CT molecular complexity index is 308. The first-order valence-electron chi connectivity index (χ1n) is 3.94. The second-order valence-corrected chi connectivity index (χ2v) is 3.04. The average molecular weight is 165 g/mol. The fourth-order valence-electron chi connectivity index (χ4n) is 1.15. The topological polar surface area (TPSA) is 26.3 Å². The fourth-order valence-corrected chi connectivity index (χ4v) is 1.15. The Morgan fingerprint density at radius 2 is 2.08 bits per heavy atom. The summed E-state index contributed by atoms with van der Waals surface area (Å²) in [5.41, 5.74) is 3.43. The molecule has 0 N–H and O–H groups in total. The third-order valence-corrected chi connectivity index (χ3v) is 2.12. The summed E-state index contributed by atoms with van der Waals surface area (Å²) in [4.78, 5) is 10.7. The monoisotopic (exact) mass is 165 g/mol. The van der Waals surface area contributed by atoms with Gasteiger partial charge in [-0.3, -0.25) is 4.79 Å². The molecule has 0 aliphatic rings. The molecule has 0 aliphatic heterocycles. The molecular formula is C10H13O2-. The predicted octanol–water partition coefficient (Wildman–Crippen LogP) is 2.26. The molecule has 0 atom stereocenters. The average Bonchev–Trinajstić information content (AvgIpc) is 2.17. The van der Waals surface area contributed by atoms with Crippen LogP contribution in [-0.4, -0.2) is 5.97 Å². The molecule has 0 saturated heterocycles. The summed E-state index contributed by atoms with van der Waals surface area (Å²) in [7, 11) is 0. The van der Waals surface area contributed by atoms with Gasteiger partial charge in [-0.15, -0.1) is 5.56 Å². The molecule has 0 heterocycles. The van der Waals surface area contributed by atoms with Crippen LogP contribution in [0.4, 0.5) is 0 Å². The minimum atomic E-state index is -0.261. The summed E-state index contributed by atoms with van der Waals surface area (Å²) in [6.07, 6.45) is 0. The Hall–Kier alpha value is -1.18. The molecule has 0 bridgehead atoms. The standard InChI is InChI=1S/C10H13O2/c1-6-5-10(12-9(4)11)8(3)7(6)2/h5H,1-4H3/q-1. The molecule has 0 amide bonds. The van der Waals surface area contributed by atoms with Crippen LogP contribution in [-0.2, 0) is 4.79 Å². The third kappa shape index (κ3) is 1.52. The van der Waals surface area contributed by atoms with Crippen LogP contribution in [0, 0.1) is 20.8 Å². The van der Waals surface area contributed by atoms with Gasteiger partial charge in [0.05, 0.1) is 0 Å². The SMILES string of the molecule is CC(=O)Oc1cc(C)c(C)[c-]1C. The Morgan fingerprint density at radius 1 is 1.50 bits per heavy atom. The van der Waals surface area contributed by atoms with Crippen molar-refractivity contribution in [2.75, 3.05) is 0 Å². The van der Waals surface area contributed by atoms with Gasteiger partial charge in [-0.1, -0.05) is 20.8 Å². The third-order valence-electron chi connectivity index (χ3n) is 2.12. The molecule has 0 unspecified atom stereocenters. The van der Waals surface area contributed by atoms with Crippen molar-refractivity contribution in [2.45, 2.75) is 27.7 Å². The highest BCUT2D eigenvalue weighted by Gasteiger charge is 1.99. The second kappa shape index (κ2) is 3.05. The number of carbonyl (C=O) groups is 1. The van der Waals surface area contributed by atoms with Gasteiger partial charge in [0.2, 0.25) is 0 Å². The zero-order valence-corrected chi connectivity index (χ0v) is 7.89. The van der Waals surface area contributed by atoms with Crippen molar-refractivity contribution in [3.05, 3.63) is 22.8 Å². The lowest BCUT2D eigenvalue weighted by Crippen LogP contribution is -2.01. The van der Waals surface area contributed by atoms with Crippen LogP contribution in [0.2, 0.25) is 0 Å². The van der Waals surface area contributed by atoms with Crippen molar-refractivity contribution in [2.24, 2.45) is 0 Å². The van der Waals surface area contributed by atoms with Gasteiger partial charge >= 0.3 is 5.97 Å². The van der Waals surface area contributed by atoms with E-state index in [-0.39, 0.29) is 5.97 Å². The second-order valence-electron chi connectivity index (χ2n) is 3.04. The smallest absolute Gasteiger partial charge is 0.305 e. The lowest BCUT2D eigenvalue weighted by molar-refractivity contribution is -0.131. The normalized spacial score (nSPS) is 10.0. The fraction of sp³-hybridized carbons (Fsp3) is 0.400. The number of rotatable bonds is 1. The summed E-state index contributed by atoms with van der Waals surface area (Å²) >= 11 is 0. The zero-order valence-electron chi connectivity index (χ0n) is 7.89. The molecule has 0 saturated carbocycles. The van der Waals surface area contributed by atoms with Crippen LogP contribution in [0.1, 0.15) is 23.6 Å². The number of hydrogen-bond acceptors (Lipinski definition) is 2. The highest BCUT2D eigenvalue weighted by Crippen LogP contribution is 2.27. The van der Waals surface area contributed by atoms with Gasteiger partial charge < -0.3 is 4.74 Å². The maximum Gasteiger partial charge on any atom is 0.305 e. The van der Waals surface area contributed by atoms with E-state index in [2.05, 4.69) is 0 Å². The van der Waals surface area contributed by atoms with E-state index < -0.39 is 0 Å². The van der Waals surface area contributed by atoms with Crippen LogP contribution >= 0.6 is 0 Å². The lowest BCUT2D eigenvalue weighted by atomic mass is 10.2. The van der Waals surface area contributed by atoms with Gasteiger partial charge in [0.15, 0.2) is 0 Å². The van der Waals surface area contributed by atoms with Gasteiger partial charge in [0, 0.05) is 12.7 Å². The van der Waals surface area contributed by atoms with Crippen molar-refractivity contribution in [1.82, 2.24) is 0 Å². The van der Waals surface area contributed by atoms with E-state index in [0.29, 0.717) is 5.75 Å². The van der Waals surface area contributed by atoms with Crippen LogP contribution in [0.3, 0.4) is 0 Å². The summed E-state index contributed by atoms with van der Waals surface area (Å²) in [6.45, 7) is 7.41. The largest absolute Gasteiger partial charge is 0.454 e. The zero-order chi connectivity index (χ0) is 9.30. The van der Waals surface area contributed by atoms with E-state index in [9.17, 15) is 4.79 Å². The molecule has 2 heteroatoms. The Morgan fingerprint density at radius 3 is 2.42 bits per heavy atom. The van der Waals surface area contributed by atoms with Crippen molar-refractivity contribution in [3.63, 3.8) is 0 Å². The van der Waals surface area contributed by atoms with Crippen LogP contribution in [0.5, 0.6) is 5.75 Å². The van der Waals surface area contributed by atoms with Crippen LogP contribution < -0.4 is 4.74 Å². The van der Waals surface area contributed by atoms with Crippen LogP contribution in [0.15, 0.2) is 6.07 Å². The first-order valence-corrected chi connectivity index (χ1v) is 3.94. The predicted molar refractivity (Wildman–Crippen MR) is 47.6 cm³/mol. The van der Waals surface area contributed by atoms with Gasteiger partial charge in [0.1, 0.15) is 0 Å². The maximum absolute atomic E-state index is 10.7. The van der Waals surface area contributed by atoms with E-state index in [0.717, 1.165) is 5.56 Å². The molecule has 1 rings (SSSR count). The van der Waals surface area contributed by atoms with Gasteiger partial charge in [0.25, 0.3) is 0 Å². The molecular weight excluding hydrogens is 152 g/mol. The molecule has 12 heavy (non-hydrogen) atoms. The molecule has 1 aromatic rings. The van der Waals surface area contributed by atoms with E-state index in [4.69, 9.17) is 4.74 Å². The Kier molecular flexibility index (Phi) is 2.27. The summed E-state index contributed by atoms with van der Waals surface area (Å²) in [5.74, 6) is 0.431. The van der Waals surface area contributed by atoms with Gasteiger partial charge in [-0.25, -0.2) is 0 Å². The molecule has 0 aliphatic carbocycles. The number of carbonyl (C=O) groups excluding carboxylic acids is 1. The first kappa shape index (κ1) is 8.91. The van der Waals surface area contributed by atoms with Gasteiger partial charge in [-0.05, 0) is 0 Å². The Labute approximate surface area is 72.5 Å². The summed E-state index contributed by atoms with van der Waals surface area (Å²) in [5, 5.41) is 0. The number of ether oxygens (including phenoxy) is 1. The highest BCUT2D eigenvalue weighted by molar-refractivity contribution is 5.70. The van der Waals surface area contributed by atoms with E-state index in [1.165, 1.54) is 18.1 Å². The molecule has 66 valence electrons. The van der Waals surface area contributed by atoms with Crippen molar-refractivity contribution in [1.29, 1.82) is 0 Å². The summed E-state index contributed by atoms with van der Waals surface area (Å²) < 4.78 is 5.01. The van der Waals surface area contributed by atoms with Crippen molar-refractivity contribution in [3.8, 4) is 5.75 Å². The maximum atomic E-state index is 10.7. The highest BCUT2D eigenvalue weighted by atomic mass is 16.5. The minimum Gasteiger partial charge on any atom is -0.454 e.